The van der Waals surface area contributed by atoms with Gasteiger partial charge in [0.1, 0.15) is 11.0 Å². The van der Waals surface area contributed by atoms with Crippen LogP contribution in [0, 0.1) is 0 Å². The third-order valence-corrected chi connectivity index (χ3v) is 3.29. The van der Waals surface area contributed by atoms with E-state index in [4.69, 9.17) is 16.3 Å². The summed E-state index contributed by atoms with van der Waals surface area (Å²) in [7, 11) is 3.61. The van der Waals surface area contributed by atoms with Gasteiger partial charge in [0.15, 0.2) is 0 Å². The first kappa shape index (κ1) is 14.1. The minimum atomic E-state index is 0.642. The molecule has 0 aliphatic carbocycles. The molecule has 0 aliphatic rings. The molecular weight excluding hydrogens is 262 g/mol. The van der Waals surface area contributed by atoms with Gasteiger partial charge in [-0.1, -0.05) is 35.9 Å². The van der Waals surface area contributed by atoms with Gasteiger partial charge in [0.25, 0.3) is 0 Å². The summed E-state index contributed by atoms with van der Waals surface area (Å²) in [5, 5.41) is 4.01. The molecule has 0 aliphatic heterocycles. The van der Waals surface area contributed by atoms with Crippen molar-refractivity contribution in [3.63, 3.8) is 0 Å². The van der Waals surface area contributed by atoms with E-state index in [0.29, 0.717) is 18.3 Å². The molecule has 0 bridgehead atoms. The van der Waals surface area contributed by atoms with Crippen LogP contribution in [-0.4, -0.2) is 16.7 Å². The lowest BCUT2D eigenvalue weighted by Gasteiger charge is -2.07. The van der Waals surface area contributed by atoms with Crippen molar-refractivity contribution >= 4 is 11.6 Å². The first-order valence-corrected chi connectivity index (χ1v) is 6.52. The number of halogens is 1. The van der Waals surface area contributed by atoms with Crippen LogP contribution in [0.5, 0.6) is 0 Å². The number of nitrogens with zero attached hydrogens (tertiary/aromatic N) is 2. The molecule has 2 aromatic rings. The van der Waals surface area contributed by atoms with Gasteiger partial charge in [0, 0.05) is 20.7 Å². The van der Waals surface area contributed by atoms with E-state index in [9.17, 15) is 0 Å². The highest BCUT2D eigenvalue weighted by atomic mass is 35.5. The fraction of sp³-hybridized carbons (Fsp3) is 0.357. The Morgan fingerprint density at radius 2 is 2.11 bits per heavy atom. The van der Waals surface area contributed by atoms with E-state index in [0.717, 1.165) is 12.4 Å². The van der Waals surface area contributed by atoms with Crippen LogP contribution in [0.3, 0.4) is 0 Å². The van der Waals surface area contributed by atoms with Gasteiger partial charge in [-0.05, 0) is 11.1 Å². The van der Waals surface area contributed by atoms with Gasteiger partial charge >= 0.3 is 0 Å². The molecule has 1 heterocycles. The number of hydrogen-bond donors (Lipinski definition) is 1. The van der Waals surface area contributed by atoms with Gasteiger partial charge in [0.05, 0.1) is 19.3 Å². The van der Waals surface area contributed by atoms with Crippen LogP contribution in [-0.2, 0) is 31.5 Å². The van der Waals surface area contributed by atoms with Crippen LogP contribution in [0.2, 0.25) is 5.15 Å². The molecular formula is C14H18ClN3O. The fourth-order valence-corrected chi connectivity index (χ4v) is 2.05. The molecule has 0 fully saturated rings. The molecule has 1 aromatic heterocycles. The average Bonchev–Trinajstić information content (AvgIpc) is 2.72. The van der Waals surface area contributed by atoms with Gasteiger partial charge < -0.3 is 14.6 Å². The van der Waals surface area contributed by atoms with Crippen LogP contribution in [0.4, 0.5) is 0 Å². The average molecular weight is 280 g/mol. The number of aromatic nitrogens is 2. The molecule has 1 aromatic carbocycles. The molecule has 2 rings (SSSR count). The zero-order valence-corrected chi connectivity index (χ0v) is 11.9. The fourth-order valence-electron chi connectivity index (χ4n) is 1.90. The van der Waals surface area contributed by atoms with Crippen molar-refractivity contribution in [1.82, 2.24) is 14.9 Å². The number of methoxy groups -OCH3 is 1. The molecule has 5 heteroatoms. The summed E-state index contributed by atoms with van der Waals surface area (Å²) in [4.78, 5) is 4.24. The topological polar surface area (TPSA) is 39.1 Å². The zero-order valence-electron chi connectivity index (χ0n) is 11.2. The van der Waals surface area contributed by atoms with Gasteiger partial charge in [0.2, 0.25) is 0 Å². The number of ether oxygens (including phenoxy) is 1. The summed E-state index contributed by atoms with van der Waals surface area (Å²) in [6.07, 6.45) is 1.66. The van der Waals surface area contributed by atoms with Crippen molar-refractivity contribution in [3.05, 3.63) is 52.6 Å². The van der Waals surface area contributed by atoms with Crippen molar-refractivity contribution in [2.45, 2.75) is 19.7 Å². The lowest BCUT2D eigenvalue weighted by Crippen LogP contribution is -2.16. The number of nitrogens with one attached hydrogen (secondary N) is 1. The van der Waals surface area contributed by atoms with E-state index in [1.807, 2.05) is 17.7 Å². The van der Waals surface area contributed by atoms with Crippen molar-refractivity contribution in [2.75, 3.05) is 7.11 Å². The molecule has 0 atom stereocenters. The highest BCUT2D eigenvalue weighted by molar-refractivity contribution is 6.29. The van der Waals surface area contributed by atoms with Gasteiger partial charge in [-0.3, -0.25) is 0 Å². The van der Waals surface area contributed by atoms with Crippen molar-refractivity contribution in [1.29, 1.82) is 0 Å². The first-order chi connectivity index (χ1) is 9.20. The van der Waals surface area contributed by atoms with Gasteiger partial charge in [-0.2, -0.15) is 0 Å². The van der Waals surface area contributed by atoms with Gasteiger partial charge in [-0.25, -0.2) is 4.98 Å². The highest BCUT2D eigenvalue weighted by Crippen LogP contribution is 2.09. The Kier molecular flexibility index (Phi) is 4.96. The van der Waals surface area contributed by atoms with Crippen LogP contribution in [0.25, 0.3) is 0 Å². The Morgan fingerprint density at radius 1 is 1.32 bits per heavy atom. The number of imidazole rings is 1. The van der Waals surface area contributed by atoms with Crippen molar-refractivity contribution in [2.24, 2.45) is 7.05 Å². The number of rotatable bonds is 6. The molecule has 0 saturated heterocycles. The maximum absolute atomic E-state index is 5.94. The molecule has 4 nitrogen and oxygen atoms in total. The van der Waals surface area contributed by atoms with E-state index >= 15 is 0 Å². The van der Waals surface area contributed by atoms with E-state index in [-0.39, 0.29) is 0 Å². The number of hydrogen-bond acceptors (Lipinski definition) is 3. The van der Waals surface area contributed by atoms with E-state index in [1.54, 1.807) is 13.3 Å². The number of benzene rings is 1. The molecule has 0 unspecified atom stereocenters. The molecule has 0 spiro atoms. The quantitative estimate of drug-likeness (QED) is 0.883. The molecule has 0 saturated carbocycles. The molecule has 102 valence electrons. The van der Waals surface area contributed by atoms with Gasteiger partial charge in [-0.15, -0.1) is 0 Å². The highest BCUT2D eigenvalue weighted by Gasteiger charge is 2.03. The second-order valence-electron chi connectivity index (χ2n) is 4.41. The maximum Gasteiger partial charge on any atom is 0.128 e. The van der Waals surface area contributed by atoms with Crippen molar-refractivity contribution < 1.29 is 4.74 Å². The second kappa shape index (κ2) is 6.70. The Bertz CT molecular complexity index is 539. The predicted molar refractivity (Wildman–Crippen MR) is 75.9 cm³/mol. The molecule has 1 N–H and O–H groups in total. The third kappa shape index (κ3) is 3.80. The van der Waals surface area contributed by atoms with Crippen LogP contribution in [0.15, 0.2) is 30.5 Å². The standard InChI is InChI=1S/C14H18ClN3O/c1-18-13(15)8-17-14(18)9-16-7-11-4-3-5-12(6-11)10-19-2/h3-6,8,16H,7,9-10H2,1-2H3. The molecule has 19 heavy (non-hydrogen) atoms. The summed E-state index contributed by atoms with van der Waals surface area (Å²) in [5.74, 6) is 0.929. The Balaban J connectivity index is 1.88. The van der Waals surface area contributed by atoms with E-state index in [1.165, 1.54) is 11.1 Å². The summed E-state index contributed by atoms with van der Waals surface area (Å²) in [6.45, 7) is 2.13. The third-order valence-electron chi connectivity index (χ3n) is 2.94. The normalized spacial score (nSPS) is 10.9. The van der Waals surface area contributed by atoms with Crippen molar-refractivity contribution in [3.8, 4) is 0 Å². The Morgan fingerprint density at radius 3 is 2.79 bits per heavy atom. The van der Waals surface area contributed by atoms with E-state index < -0.39 is 0 Å². The lowest BCUT2D eigenvalue weighted by molar-refractivity contribution is 0.185. The minimum absolute atomic E-state index is 0.642. The van der Waals surface area contributed by atoms with Crippen LogP contribution < -0.4 is 5.32 Å². The molecule has 0 radical (unpaired) electrons. The minimum Gasteiger partial charge on any atom is -0.380 e. The SMILES string of the molecule is COCc1cccc(CNCc2ncc(Cl)n2C)c1. The zero-order chi connectivity index (χ0) is 13.7. The second-order valence-corrected chi connectivity index (χ2v) is 4.80. The Hall–Kier alpha value is -1.36. The monoisotopic (exact) mass is 279 g/mol. The summed E-state index contributed by atoms with van der Waals surface area (Å²) >= 11 is 5.94. The summed E-state index contributed by atoms with van der Waals surface area (Å²) in [5.41, 5.74) is 2.41. The smallest absolute Gasteiger partial charge is 0.128 e. The first-order valence-electron chi connectivity index (χ1n) is 6.14. The largest absolute Gasteiger partial charge is 0.380 e. The lowest BCUT2D eigenvalue weighted by atomic mass is 10.1. The summed E-state index contributed by atoms with van der Waals surface area (Å²) < 4.78 is 7.00. The summed E-state index contributed by atoms with van der Waals surface area (Å²) in [6, 6.07) is 8.34. The predicted octanol–water partition coefficient (Wildman–Crippen LogP) is 2.51. The van der Waals surface area contributed by atoms with E-state index in [2.05, 4.69) is 28.5 Å². The maximum atomic E-state index is 5.94. The van der Waals surface area contributed by atoms with Crippen LogP contribution >= 0.6 is 11.6 Å². The van der Waals surface area contributed by atoms with Crippen LogP contribution in [0.1, 0.15) is 17.0 Å². The Labute approximate surface area is 118 Å². The molecule has 0 amide bonds.